The maximum absolute atomic E-state index is 9.33. The Morgan fingerprint density at radius 3 is 2.33 bits per heavy atom. The van der Waals surface area contributed by atoms with Crippen LogP contribution in [0.4, 0.5) is 5.69 Å². The lowest BCUT2D eigenvalue weighted by molar-refractivity contribution is -0.702. The lowest BCUT2D eigenvalue weighted by atomic mass is 10.3. The molecule has 0 spiro atoms. The Morgan fingerprint density at radius 1 is 1.40 bits per heavy atom. The van der Waals surface area contributed by atoms with E-state index in [1.807, 2.05) is 48.1 Å². The van der Waals surface area contributed by atoms with Crippen molar-refractivity contribution >= 4 is 17.3 Å². The summed E-state index contributed by atoms with van der Waals surface area (Å²) >= 11 is 5.51. The monoisotopic (exact) mass is 250 g/mol. The predicted molar refractivity (Wildman–Crippen MR) is 57.7 cm³/mol. The second-order valence-electron chi connectivity index (χ2n) is 3.46. The fourth-order valence-corrected chi connectivity index (χ4v) is 1.26. The smallest absolute Gasteiger partial charge is 0.175 e. The van der Waals surface area contributed by atoms with Crippen LogP contribution in [0.15, 0.2) is 24.5 Å². The van der Waals surface area contributed by atoms with E-state index < -0.39 is 6.10 Å². The van der Waals surface area contributed by atoms with E-state index in [9.17, 15) is 5.11 Å². The quantitative estimate of drug-likeness (QED) is 0.479. The minimum Gasteiger partial charge on any atom is -1.00 e. The Hall–Kier alpha value is -0.510. The summed E-state index contributed by atoms with van der Waals surface area (Å²) < 4.78 is 1.92. The summed E-state index contributed by atoms with van der Waals surface area (Å²) in [5, 5.41) is 9.33. The number of aliphatic hydroxyl groups is 1. The molecule has 0 fully saturated rings. The maximum Gasteiger partial charge on any atom is 0.175 e. The normalized spacial score (nSPS) is 11.7. The van der Waals surface area contributed by atoms with E-state index in [1.165, 1.54) is 0 Å². The summed E-state index contributed by atoms with van der Waals surface area (Å²) in [4.78, 5) is 2.03. The van der Waals surface area contributed by atoms with Crippen molar-refractivity contribution in [2.24, 2.45) is 0 Å². The van der Waals surface area contributed by atoms with Gasteiger partial charge in [0.05, 0.1) is 5.88 Å². The van der Waals surface area contributed by atoms with Gasteiger partial charge in [0.1, 0.15) is 6.10 Å². The van der Waals surface area contributed by atoms with Gasteiger partial charge in [-0.3, -0.25) is 0 Å². The second kappa shape index (κ2) is 6.88. The summed E-state index contributed by atoms with van der Waals surface area (Å²) in [5.41, 5.74) is 1.14. The average Bonchev–Trinajstić information content (AvgIpc) is 2.18. The number of hydrogen-bond acceptors (Lipinski definition) is 2. The van der Waals surface area contributed by atoms with Crippen molar-refractivity contribution in [3.8, 4) is 0 Å². The van der Waals surface area contributed by atoms with Crippen molar-refractivity contribution in [3.05, 3.63) is 24.5 Å². The molecule has 1 N–H and O–H groups in total. The summed E-state index contributed by atoms with van der Waals surface area (Å²) in [6.07, 6.45) is 3.39. The van der Waals surface area contributed by atoms with E-state index in [1.54, 1.807) is 0 Å². The van der Waals surface area contributed by atoms with Crippen LogP contribution in [0.1, 0.15) is 0 Å². The number of nitrogens with zero attached hydrogens (tertiary/aromatic N) is 2. The number of alkyl halides is 1. The van der Waals surface area contributed by atoms with E-state index in [4.69, 9.17) is 11.6 Å². The summed E-state index contributed by atoms with van der Waals surface area (Å²) in [7, 11) is 3.99. The number of pyridine rings is 1. The lowest BCUT2D eigenvalue weighted by Crippen LogP contribution is -3.00. The van der Waals surface area contributed by atoms with Gasteiger partial charge in [-0.1, -0.05) is 0 Å². The minimum atomic E-state index is -0.480. The number of aromatic nitrogens is 1. The molecule has 0 aromatic carbocycles. The fraction of sp³-hybridized carbons (Fsp3) is 0.500. The lowest BCUT2D eigenvalue weighted by Gasteiger charge is -2.10. The molecule has 3 nitrogen and oxygen atoms in total. The first-order valence-electron chi connectivity index (χ1n) is 4.54. The second-order valence-corrected chi connectivity index (χ2v) is 3.76. The van der Waals surface area contributed by atoms with Crippen LogP contribution in [0.5, 0.6) is 0 Å². The van der Waals surface area contributed by atoms with Crippen LogP contribution in [0.25, 0.3) is 0 Å². The van der Waals surface area contributed by atoms with Gasteiger partial charge in [-0.15, -0.1) is 11.6 Å². The van der Waals surface area contributed by atoms with Crippen LogP contribution >= 0.6 is 11.6 Å². The highest BCUT2D eigenvalue weighted by atomic mass is 35.5. The van der Waals surface area contributed by atoms with Gasteiger partial charge in [-0.25, -0.2) is 4.57 Å². The largest absolute Gasteiger partial charge is 1.00 e. The summed E-state index contributed by atoms with van der Waals surface area (Å²) in [6.45, 7) is 0.539. The first kappa shape index (κ1) is 14.5. The molecule has 1 rings (SSSR count). The first-order chi connectivity index (χ1) is 6.63. The molecule has 1 aromatic rings. The van der Waals surface area contributed by atoms with Gasteiger partial charge in [-0.05, 0) is 0 Å². The topological polar surface area (TPSA) is 27.4 Å². The van der Waals surface area contributed by atoms with Gasteiger partial charge in [0.2, 0.25) is 0 Å². The molecule has 0 radical (unpaired) electrons. The summed E-state index contributed by atoms with van der Waals surface area (Å²) in [6, 6.07) is 4.00. The van der Waals surface area contributed by atoms with E-state index in [-0.39, 0.29) is 18.3 Å². The number of hydrogen-bond donors (Lipinski definition) is 1. The molecule has 0 amide bonds. The molecule has 0 aliphatic carbocycles. The zero-order valence-corrected chi connectivity index (χ0v) is 10.4. The molecule has 5 heteroatoms. The molecular weight excluding hydrogens is 235 g/mol. The van der Waals surface area contributed by atoms with Gasteiger partial charge in [0.15, 0.2) is 18.9 Å². The van der Waals surface area contributed by atoms with Crippen molar-refractivity contribution in [3.63, 3.8) is 0 Å². The zero-order chi connectivity index (χ0) is 10.6. The molecule has 1 aromatic heterocycles. The highest BCUT2D eigenvalue weighted by Gasteiger charge is 2.09. The number of anilines is 1. The average molecular weight is 251 g/mol. The van der Waals surface area contributed by atoms with Crippen LogP contribution in [-0.2, 0) is 6.54 Å². The first-order valence-corrected chi connectivity index (χ1v) is 5.07. The van der Waals surface area contributed by atoms with Gasteiger partial charge in [0.25, 0.3) is 0 Å². The Labute approximate surface area is 102 Å². The van der Waals surface area contributed by atoms with Gasteiger partial charge >= 0.3 is 0 Å². The molecule has 0 aliphatic rings. The Bertz CT molecular complexity index is 277. The fourth-order valence-electron chi connectivity index (χ4n) is 1.16. The molecule has 86 valence electrons. The third-order valence-electron chi connectivity index (χ3n) is 1.99. The molecule has 0 aliphatic heterocycles. The van der Waals surface area contributed by atoms with Gasteiger partial charge < -0.3 is 22.4 Å². The molecule has 15 heavy (non-hydrogen) atoms. The van der Waals surface area contributed by atoms with E-state index in [0.29, 0.717) is 6.54 Å². The summed E-state index contributed by atoms with van der Waals surface area (Å²) in [5.74, 6) is 0.266. The van der Waals surface area contributed by atoms with Crippen LogP contribution in [-0.4, -0.2) is 31.2 Å². The molecular formula is C10H16Cl2N2O. The SMILES string of the molecule is CN(C)c1cc[n+](CC(O)CCl)cc1.[Cl-]. The molecule has 0 bridgehead atoms. The highest BCUT2D eigenvalue weighted by molar-refractivity contribution is 6.18. The van der Waals surface area contributed by atoms with E-state index >= 15 is 0 Å². The van der Waals surface area contributed by atoms with Crippen LogP contribution in [0, 0.1) is 0 Å². The minimum absolute atomic E-state index is 0. The van der Waals surface area contributed by atoms with Gasteiger partial charge in [-0.2, -0.15) is 0 Å². The van der Waals surface area contributed by atoms with Crippen molar-refractivity contribution in [2.75, 3.05) is 24.9 Å². The van der Waals surface area contributed by atoms with Crippen LogP contribution in [0.2, 0.25) is 0 Å². The Morgan fingerprint density at radius 2 is 1.93 bits per heavy atom. The third-order valence-corrected chi connectivity index (χ3v) is 2.35. The van der Waals surface area contributed by atoms with Crippen molar-refractivity contribution in [1.82, 2.24) is 0 Å². The van der Waals surface area contributed by atoms with Gasteiger partial charge in [0, 0.05) is 31.9 Å². The molecule has 0 saturated carbocycles. The van der Waals surface area contributed by atoms with Crippen molar-refractivity contribution < 1.29 is 22.1 Å². The molecule has 1 unspecified atom stereocenters. The van der Waals surface area contributed by atoms with E-state index in [0.717, 1.165) is 5.69 Å². The van der Waals surface area contributed by atoms with Crippen molar-refractivity contribution in [1.29, 1.82) is 0 Å². The predicted octanol–water partition coefficient (Wildman–Crippen LogP) is -2.36. The van der Waals surface area contributed by atoms with Crippen LogP contribution in [0.3, 0.4) is 0 Å². The molecule has 0 saturated heterocycles. The Balaban J connectivity index is 0.00000196. The Kier molecular flexibility index (Phi) is 6.65. The van der Waals surface area contributed by atoms with Crippen LogP contribution < -0.4 is 21.9 Å². The van der Waals surface area contributed by atoms with Crippen molar-refractivity contribution in [2.45, 2.75) is 12.6 Å². The number of rotatable bonds is 4. The zero-order valence-electron chi connectivity index (χ0n) is 8.90. The third kappa shape index (κ3) is 4.69. The highest BCUT2D eigenvalue weighted by Crippen LogP contribution is 2.05. The number of halogens is 2. The molecule has 1 atom stereocenters. The molecule has 1 heterocycles. The number of aliphatic hydroxyl groups excluding tert-OH is 1. The van der Waals surface area contributed by atoms with E-state index in [2.05, 4.69) is 0 Å². The maximum atomic E-state index is 9.33. The standard InChI is InChI=1S/C10H16ClN2O.ClH/c1-12(2)9-3-5-13(6-4-9)8-10(14)7-11;/h3-6,10,14H,7-8H2,1-2H3;1H/q+1;/p-1.